The third kappa shape index (κ3) is 3.56. The number of nitrogens with zero attached hydrogens (tertiary/aromatic N) is 5. The van der Waals surface area contributed by atoms with Gasteiger partial charge in [-0.2, -0.15) is 10.1 Å². The molecule has 3 heterocycles. The van der Waals surface area contributed by atoms with Crippen molar-refractivity contribution >= 4 is 16.9 Å². The summed E-state index contributed by atoms with van der Waals surface area (Å²) in [6.07, 6.45) is 1.69. The summed E-state index contributed by atoms with van der Waals surface area (Å²) in [6.45, 7) is 9.45. The Morgan fingerprint density at radius 3 is 2.53 bits per heavy atom. The Balaban J connectivity index is 1.81. The number of carbonyl (C=O) groups is 1. The van der Waals surface area contributed by atoms with Crippen LogP contribution in [0.1, 0.15) is 55.8 Å². The van der Waals surface area contributed by atoms with Crippen molar-refractivity contribution in [1.82, 2.24) is 30.2 Å². The molecular formula is C22H24N6O2. The molecule has 0 bridgehead atoms. The topological polar surface area (TPSA) is 98.7 Å². The summed E-state index contributed by atoms with van der Waals surface area (Å²) in [5.41, 5.74) is 2.00. The number of aryl methyl sites for hydroxylation is 1. The number of pyridine rings is 1. The van der Waals surface area contributed by atoms with Gasteiger partial charge in [0.1, 0.15) is 0 Å². The first-order valence-corrected chi connectivity index (χ1v) is 9.83. The summed E-state index contributed by atoms with van der Waals surface area (Å²) in [7, 11) is 0. The van der Waals surface area contributed by atoms with Gasteiger partial charge in [-0.05, 0) is 33.8 Å². The van der Waals surface area contributed by atoms with E-state index in [1.807, 2.05) is 62.7 Å². The van der Waals surface area contributed by atoms with E-state index in [0.717, 1.165) is 5.56 Å². The van der Waals surface area contributed by atoms with Crippen LogP contribution >= 0.6 is 0 Å². The van der Waals surface area contributed by atoms with Crippen molar-refractivity contribution in [3.05, 3.63) is 59.9 Å². The number of benzene rings is 1. The molecule has 154 valence electrons. The minimum absolute atomic E-state index is 0.107. The first-order chi connectivity index (χ1) is 14.3. The van der Waals surface area contributed by atoms with Crippen molar-refractivity contribution in [3.63, 3.8) is 0 Å². The lowest BCUT2D eigenvalue weighted by molar-refractivity contribution is 0.0909. The Bertz CT molecular complexity index is 1210. The molecule has 8 heteroatoms. The zero-order chi connectivity index (χ0) is 21.5. The number of rotatable bonds is 5. The van der Waals surface area contributed by atoms with Gasteiger partial charge < -0.3 is 9.84 Å². The van der Waals surface area contributed by atoms with Crippen molar-refractivity contribution in [2.24, 2.45) is 0 Å². The predicted octanol–water partition coefficient (Wildman–Crippen LogP) is 4.04. The van der Waals surface area contributed by atoms with Crippen LogP contribution in [0, 0.1) is 6.92 Å². The largest absolute Gasteiger partial charge is 0.340 e. The van der Waals surface area contributed by atoms with Gasteiger partial charge in [0, 0.05) is 18.5 Å². The van der Waals surface area contributed by atoms with Crippen LogP contribution in [0.3, 0.4) is 0 Å². The number of carbonyl (C=O) groups excluding carboxylic acids is 1. The molecule has 1 N–H and O–H groups in total. The molecule has 1 aromatic carbocycles. The van der Waals surface area contributed by atoms with E-state index in [2.05, 4.69) is 20.6 Å². The molecule has 0 spiro atoms. The smallest absolute Gasteiger partial charge is 0.252 e. The Morgan fingerprint density at radius 2 is 1.90 bits per heavy atom. The highest BCUT2D eigenvalue weighted by atomic mass is 16.5. The summed E-state index contributed by atoms with van der Waals surface area (Å²) in [4.78, 5) is 22.4. The molecule has 4 rings (SSSR count). The fraction of sp³-hybridized carbons (Fsp3) is 0.318. The predicted molar refractivity (Wildman–Crippen MR) is 113 cm³/mol. The van der Waals surface area contributed by atoms with E-state index < -0.39 is 5.54 Å². The zero-order valence-electron chi connectivity index (χ0n) is 17.7. The summed E-state index contributed by atoms with van der Waals surface area (Å²) < 4.78 is 6.90. The second-order valence-electron chi connectivity index (χ2n) is 8.06. The summed E-state index contributed by atoms with van der Waals surface area (Å²) in [5, 5.41) is 12.1. The third-order valence-corrected chi connectivity index (χ3v) is 4.88. The summed E-state index contributed by atoms with van der Waals surface area (Å²) >= 11 is 0. The Morgan fingerprint density at radius 1 is 1.17 bits per heavy atom. The highest BCUT2D eigenvalue weighted by Gasteiger charge is 2.30. The van der Waals surface area contributed by atoms with Crippen LogP contribution < -0.4 is 5.32 Å². The normalized spacial score (nSPS) is 11.9. The van der Waals surface area contributed by atoms with E-state index in [1.165, 1.54) is 0 Å². The number of hydrogen-bond acceptors (Lipinski definition) is 6. The number of amides is 1. The minimum atomic E-state index is -0.814. The van der Waals surface area contributed by atoms with Gasteiger partial charge in [-0.3, -0.25) is 4.79 Å². The molecule has 3 aromatic heterocycles. The first-order valence-electron chi connectivity index (χ1n) is 9.83. The third-order valence-electron chi connectivity index (χ3n) is 4.88. The lowest BCUT2D eigenvalue weighted by Crippen LogP contribution is -2.42. The van der Waals surface area contributed by atoms with Crippen LogP contribution in [0.4, 0.5) is 0 Å². The number of fused-ring (bicyclic) bond motifs is 1. The van der Waals surface area contributed by atoms with Gasteiger partial charge in [-0.25, -0.2) is 9.67 Å². The van der Waals surface area contributed by atoms with Crippen molar-refractivity contribution < 1.29 is 9.32 Å². The zero-order valence-corrected chi connectivity index (χ0v) is 17.7. The van der Waals surface area contributed by atoms with Gasteiger partial charge in [0.05, 0.1) is 28.4 Å². The maximum atomic E-state index is 13.4. The molecule has 0 radical (unpaired) electrons. The van der Waals surface area contributed by atoms with E-state index >= 15 is 0 Å². The van der Waals surface area contributed by atoms with E-state index in [9.17, 15) is 4.79 Å². The van der Waals surface area contributed by atoms with Gasteiger partial charge in [0.2, 0.25) is 5.89 Å². The lowest BCUT2D eigenvalue weighted by atomic mass is 10.0. The Hall–Kier alpha value is -3.55. The van der Waals surface area contributed by atoms with Crippen LogP contribution in [0.5, 0.6) is 0 Å². The standard InChI is InChI=1S/C22H24N6O2/c1-13(2)28-19-17(12-23-28)16(11-18(25-19)15-9-7-6-8-10-15)20(29)26-22(4,5)21-24-14(3)30-27-21/h6-13H,1-5H3,(H,26,29). The number of hydrogen-bond donors (Lipinski definition) is 1. The van der Waals surface area contributed by atoms with Crippen LogP contribution in [0.15, 0.2) is 47.1 Å². The number of aromatic nitrogens is 5. The molecule has 0 atom stereocenters. The quantitative estimate of drug-likeness (QED) is 0.539. The highest BCUT2D eigenvalue weighted by molar-refractivity contribution is 6.06. The maximum Gasteiger partial charge on any atom is 0.252 e. The van der Waals surface area contributed by atoms with Gasteiger partial charge >= 0.3 is 0 Å². The monoisotopic (exact) mass is 404 g/mol. The molecule has 0 saturated carbocycles. The second kappa shape index (κ2) is 7.37. The first kappa shape index (κ1) is 19.8. The maximum absolute atomic E-state index is 13.4. The SMILES string of the molecule is Cc1nc(C(C)(C)NC(=O)c2cc(-c3ccccc3)nc3c2cnn3C(C)C)no1. The fourth-order valence-electron chi connectivity index (χ4n) is 3.30. The molecule has 0 fully saturated rings. The van der Waals surface area contributed by atoms with Crippen LogP contribution in [-0.4, -0.2) is 30.8 Å². The molecular weight excluding hydrogens is 380 g/mol. The molecule has 0 aliphatic heterocycles. The average Bonchev–Trinajstić information content (AvgIpc) is 3.34. The Labute approximate surface area is 174 Å². The van der Waals surface area contributed by atoms with E-state index in [-0.39, 0.29) is 11.9 Å². The van der Waals surface area contributed by atoms with Crippen molar-refractivity contribution in [2.75, 3.05) is 0 Å². The van der Waals surface area contributed by atoms with Gasteiger partial charge in [0.25, 0.3) is 5.91 Å². The molecule has 1 amide bonds. The second-order valence-corrected chi connectivity index (χ2v) is 8.06. The molecule has 4 aromatic rings. The molecule has 8 nitrogen and oxygen atoms in total. The summed E-state index contributed by atoms with van der Waals surface area (Å²) in [5.74, 6) is 0.610. The van der Waals surface area contributed by atoms with Gasteiger partial charge in [-0.1, -0.05) is 35.5 Å². The van der Waals surface area contributed by atoms with Crippen molar-refractivity contribution in [1.29, 1.82) is 0 Å². The van der Waals surface area contributed by atoms with Crippen LogP contribution in [-0.2, 0) is 5.54 Å². The Kier molecular flexibility index (Phi) is 4.85. The van der Waals surface area contributed by atoms with E-state index in [4.69, 9.17) is 9.51 Å². The molecule has 0 unspecified atom stereocenters. The van der Waals surface area contributed by atoms with E-state index in [1.54, 1.807) is 19.2 Å². The molecule has 0 aliphatic rings. The highest BCUT2D eigenvalue weighted by Crippen LogP contribution is 2.27. The minimum Gasteiger partial charge on any atom is -0.340 e. The van der Waals surface area contributed by atoms with Gasteiger partial charge in [-0.15, -0.1) is 0 Å². The van der Waals surface area contributed by atoms with Gasteiger partial charge in [0.15, 0.2) is 11.5 Å². The molecule has 0 aliphatic carbocycles. The van der Waals surface area contributed by atoms with Crippen LogP contribution in [0.25, 0.3) is 22.3 Å². The van der Waals surface area contributed by atoms with E-state index in [0.29, 0.717) is 34.0 Å². The average molecular weight is 404 g/mol. The fourth-order valence-corrected chi connectivity index (χ4v) is 3.30. The number of nitrogens with one attached hydrogen (secondary N) is 1. The van der Waals surface area contributed by atoms with Crippen molar-refractivity contribution in [2.45, 2.75) is 46.2 Å². The molecule has 0 saturated heterocycles. The molecule has 30 heavy (non-hydrogen) atoms. The lowest BCUT2D eigenvalue weighted by Gasteiger charge is -2.22. The summed E-state index contributed by atoms with van der Waals surface area (Å²) in [6, 6.07) is 11.7. The van der Waals surface area contributed by atoms with Crippen LogP contribution in [0.2, 0.25) is 0 Å². The van der Waals surface area contributed by atoms with Crippen molar-refractivity contribution in [3.8, 4) is 11.3 Å².